The lowest BCUT2D eigenvalue weighted by Crippen LogP contribution is -2.18. The lowest BCUT2D eigenvalue weighted by atomic mass is 10.1. The van der Waals surface area contributed by atoms with Gasteiger partial charge in [0, 0.05) is 10.5 Å². The first-order valence-corrected chi connectivity index (χ1v) is 6.98. The molecule has 1 aromatic carbocycles. The third kappa shape index (κ3) is 4.80. The Kier molecular flexibility index (Phi) is 6.44. The number of nitro benzene ring substituents is 1. The van der Waals surface area contributed by atoms with Crippen LogP contribution in [-0.4, -0.2) is 24.1 Å². The van der Waals surface area contributed by atoms with E-state index in [9.17, 15) is 14.9 Å². The molecule has 0 bridgehead atoms. The summed E-state index contributed by atoms with van der Waals surface area (Å²) in [7, 11) is 0. The molecule has 0 heterocycles. The van der Waals surface area contributed by atoms with Crippen LogP contribution < -0.4 is 4.74 Å². The Bertz CT molecular complexity index is 492. The molecule has 1 aromatic rings. The monoisotopic (exact) mass is 345 g/mol. The fourth-order valence-corrected chi connectivity index (χ4v) is 1.71. The van der Waals surface area contributed by atoms with E-state index in [0.29, 0.717) is 10.9 Å². The van der Waals surface area contributed by atoms with Crippen LogP contribution in [0.2, 0.25) is 0 Å². The van der Waals surface area contributed by atoms with Gasteiger partial charge in [0.2, 0.25) is 0 Å². The number of nitro groups is 1. The SMILES string of the molecule is CCC(C)C(=O)OCCOc1ccc(Br)cc1[N+](=O)[O-]. The van der Waals surface area contributed by atoms with E-state index in [0.717, 1.165) is 0 Å². The average molecular weight is 346 g/mol. The summed E-state index contributed by atoms with van der Waals surface area (Å²) < 4.78 is 10.9. The molecule has 0 aromatic heterocycles. The normalized spacial score (nSPS) is 11.8. The fraction of sp³-hybridized carbons (Fsp3) is 0.462. The molecule has 0 aliphatic carbocycles. The van der Waals surface area contributed by atoms with Crippen molar-refractivity contribution in [1.29, 1.82) is 0 Å². The summed E-state index contributed by atoms with van der Waals surface area (Å²) in [5.74, 6) is -0.295. The maximum absolute atomic E-state index is 11.4. The first-order chi connectivity index (χ1) is 9.45. The minimum absolute atomic E-state index is 0.0659. The molecule has 0 aliphatic heterocycles. The highest BCUT2D eigenvalue weighted by Crippen LogP contribution is 2.29. The van der Waals surface area contributed by atoms with E-state index in [1.165, 1.54) is 12.1 Å². The molecular weight excluding hydrogens is 330 g/mol. The maximum Gasteiger partial charge on any atom is 0.312 e. The number of hydrogen-bond acceptors (Lipinski definition) is 5. The van der Waals surface area contributed by atoms with Gasteiger partial charge in [-0.1, -0.05) is 29.8 Å². The van der Waals surface area contributed by atoms with Gasteiger partial charge in [-0.2, -0.15) is 0 Å². The van der Waals surface area contributed by atoms with Crippen molar-refractivity contribution >= 4 is 27.6 Å². The van der Waals surface area contributed by atoms with Crippen LogP contribution in [0.1, 0.15) is 20.3 Å². The van der Waals surface area contributed by atoms with E-state index < -0.39 is 4.92 Å². The zero-order chi connectivity index (χ0) is 15.1. The highest BCUT2D eigenvalue weighted by atomic mass is 79.9. The summed E-state index contributed by atoms with van der Waals surface area (Å²) in [5, 5.41) is 10.9. The predicted molar refractivity (Wildman–Crippen MR) is 76.7 cm³/mol. The van der Waals surface area contributed by atoms with Gasteiger partial charge in [-0.3, -0.25) is 14.9 Å². The number of ether oxygens (including phenoxy) is 2. The largest absolute Gasteiger partial charge is 0.483 e. The summed E-state index contributed by atoms with van der Waals surface area (Å²) in [6.45, 7) is 3.82. The van der Waals surface area contributed by atoms with E-state index >= 15 is 0 Å². The summed E-state index contributed by atoms with van der Waals surface area (Å²) in [6, 6.07) is 4.51. The van der Waals surface area contributed by atoms with Crippen molar-refractivity contribution in [3.05, 3.63) is 32.8 Å². The molecule has 1 rings (SSSR count). The van der Waals surface area contributed by atoms with Crippen molar-refractivity contribution in [2.24, 2.45) is 5.92 Å². The summed E-state index contributed by atoms with van der Waals surface area (Å²) in [6.07, 6.45) is 0.706. The number of carbonyl (C=O) groups excluding carboxylic acids is 1. The van der Waals surface area contributed by atoms with Crippen molar-refractivity contribution in [1.82, 2.24) is 0 Å². The highest BCUT2D eigenvalue weighted by Gasteiger charge is 2.16. The minimum Gasteiger partial charge on any atom is -0.483 e. The van der Waals surface area contributed by atoms with Gasteiger partial charge in [0.05, 0.1) is 10.8 Å². The van der Waals surface area contributed by atoms with Gasteiger partial charge in [-0.25, -0.2) is 0 Å². The molecule has 0 aliphatic rings. The van der Waals surface area contributed by atoms with Gasteiger partial charge in [0.15, 0.2) is 5.75 Å². The number of benzene rings is 1. The molecule has 0 saturated heterocycles. The molecule has 0 saturated carbocycles. The molecular formula is C13H16BrNO5. The molecule has 1 atom stereocenters. The minimum atomic E-state index is -0.523. The first kappa shape index (κ1) is 16.4. The van der Waals surface area contributed by atoms with Crippen LogP contribution in [0.5, 0.6) is 5.75 Å². The summed E-state index contributed by atoms with van der Waals surface area (Å²) in [4.78, 5) is 21.8. The standard InChI is InChI=1S/C13H16BrNO5/c1-3-9(2)13(16)20-7-6-19-12-5-4-10(14)8-11(12)15(17)18/h4-5,8-9H,3,6-7H2,1-2H3. The Morgan fingerprint density at radius 3 is 2.75 bits per heavy atom. The van der Waals surface area contributed by atoms with E-state index in [-0.39, 0.29) is 36.5 Å². The number of hydrogen-bond donors (Lipinski definition) is 0. The number of rotatable bonds is 7. The molecule has 110 valence electrons. The summed E-state index contributed by atoms with van der Waals surface area (Å²) in [5.41, 5.74) is -0.132. The third-order valence-electron chi connectivity index (χ3n) is 2.72. The van der Waals surface area contributed by atoms with Gasteiger partial charge < -0.3 is 9.47 Å². The molecule has 6 nitrogen and oxygen atoms in total. The zero-order valence-electron chi connectivity index (χ0n) is 11.3. The number of halogens is 1. The smallest absolute Gasteiger partial charge is 0.312 e. The Morgan fingerprint density at radius 1 is 1.45 bits per heavy atom. The number of esters is 1. The fourth-order valence-electron chi connectivity index (χ4n) is 1.36. The Labute approximate surface area is 125 Å². The molecule has 0 spiro atoms. The van der Waals surface area contributed by atoms with E-state index in [1.54, 1.807) is 13.0 Å². The van der Waals surface area contributed by atoms with E-state index in [4.69, 9.17) is 9.47 Å². The Hall–Kier alpha value is -1.63. The quantitative estimate of drug-likeness (QED) is 0.327. The predicted octanol–water partition coefficient (Wildman–Crippen LogP) is 3.33. The van der Waals surface area contributed by atoms with Gasteiger partial charge in [-0.15, -0.1) is 0 Å². The topological polar surface area (TPSA) is 78.7 Å². The molecule has 0 N–H and O–H groups in total. The van der Waals surface area contributed by atoms with Gasteiger partial charge in [0.1, 0.15) is 13.2 Å². The second-order valence-electron chi connectivity index (χ2n) is 4.19. The lowest BCUT2D eigenvalue weighted by molar-refractivity contribution is -0.386. The van der Waals surface area contributed by atoms with Crippen LogP contribution in [-0.2, 0) is 9.53 Å². The van der Waals surface area contributed by atoms with E-state index in [1.807, 2.05) is 6.92 Å². The van der Waals surface area contributed by atoms with Crippen LogP contribution in [0.15, 0.2) is 22.7 Å². The van der Waals surface area contributed by atoms with Crippen molar-refractivity contribution in [2.45, 2.75) is 20.3 Å². The second-order valence-corrected chi connectivity index (χ2v) is 5.11. The summed E-state index contributed by atoms with van der Waals surface area (Å²) >= 11 is 3.16. The van der Waals surface area contributed by atoms with Crippen molar-refractivity contribution in [2.75, 3.05) is 13.2 Å². The Balaban J connectivity index is 2.50. The van der Waals surface area contributed by atoms with Gasteiger partial charge in [0.25, 0.3) is 0 Å². The molecule has 1 unspecified atom stereocenters. The average Bonchev–Trinajstić information content (AvgIpc) is 2.43. The molecule has 0 fully saturated rings. The van der Waals surface area contributed by atoms with Crippen LogP contribution in [0, 0.1) is 16.0 Å². The lowest BCUT2D eigenvalue weighted by Gasteiger charge is -2.10. The van der Waals surface area contributed by atoms with Gasteiger partial charge in [-0.05, 0) is 18.6 Å². The van der Waals surface area contributed by atoms with Crippen LogP contribution in [0.4, 0.5) is 5.69 Å². The maximum atomic E-state index is 11.4. The number of carbonyl (C=O) groups is 1. The second kappa shape index (κ2) is 7.84. The van der Waals surface area contributed by atoms with Crippen LogP contribution >= 0.6 is 15.9 Å². The highest BCUT2D eigenvalue weighted by molar-refractivity contribution is 9.10. The molecule has 0 radical (unpaired) electrons. The Morgan fingerprint density at radius 2 is 2.15 bits per heavy atom. The van der Waals surface area contributed by atoms with Crippen molar-refractivity contribution in [3.63, 3.8) is 0 Å². The van der Waals surface area contributed by atoms with Crippen LogP contribution in [0.25, 0.3) is 0 Å². The van der Waals surface area contributed by atoms with Gasteiger partial charge >= 0.3 is 11.7 Å². The van der Waals surface area contributed by atoms with E-state index in [2.05, 4.69) is 15.9 Å². The first-order valence-electron chi connectivity index (χ1n) is 6.19. The number of nitrogens with zero attached hydrogens (tertiary/aromatic N) is 1. The molecule has 7 heteroatoms. The van der Waals surface area contributed by atoms with Crippen molar-refractivity contribution in [3.8, 4) is 5.75 Å². The van der Waals surface area contributed by atoms with Crippen molar-refractivity contribution < 1.29 is 19.2 Å². The van der Waals surface area contributed by atoms with Crippen LogP contribution in [0.3, 0.4) is 0 Å². The molecule has 20 heavy (non-hydrogen) atoms. The molecule has 0 amide bonds. The third-order valence-corrected chi connectivity index (χ3v) is 3.21. The zero-order valence-corrected chi connectivity index (χ0v) is 12.9.